The number of hydrogen-bond acceptors (Lipinski definition) is 24. The number of thioether (sulfide) groups is 1. The number of phenols is 1. The average Bonchev–Trinajstić information content (AvgIpc) is 1.09. The predicted octanol–water partition coefficient (Wildman–Crippen LogP) is -2.28. The number of hydrogen-bond donors (Lipinski definition) is 19. The zero-order valence-electron chi connectivity index (χ0n) is 76.5. The number of aromatic hydroxyl groups is 1. The molecule has 3 aliphatic rings. The van der Waals surface area contributed by atoms with Gasteiger partial charge in [-0.2, -0.15) is 0 Å². The molecule has 9 rings (SSSR count). The Bertz CT molecular complexity index is 5130. The number of carbonyl (C=O) groups excluding carboxylic acids is 17. The molecule has 0 bridgehead atoms. The van der Waals surface area contributed by atoms with E-state index in [1.165, 1.54) is 72.5 Å². The lowest BCUT2D eigenvalue weighted by molar-refractivity contribution is -0.151. The van der Waals surface area contributed by atoms with Crippen molar-refractivity contribution >= 4 is 134 Å². The lowest BCUT2D eigenvalue weighted by Gasteiger charge is -2.42. The minimum Gasteiger partial charge on any atom is -0.508 e. The van der Waals surface area contributed by atoms with Crippen molar-refractivity contribution in [1.82, 2.24) is 92.3 Å². The fraction of sp³-hybridized carbons (Fsp3) is 0.538. The van der Waals surface area contributed by atoms with Crippen LogP contribution in [0.2, 0.25) is 0 Å². The first-order chi connectivity index (χ1) is 63.9. The number of imidazole rings is 1. The molecule has 0 radical (unpaired) electrons. The molecule has 42 nitrogen and oxygen atoms in total. The number of fused-ring (bicyclic) bond motifs is 2. The average molecular weight is 1880 g/mol. The molecule has 43 heteroatoms. The summed E-state index contributed by atoms with van der Waals surface area (Å²) in [6.45, 7) is 6.84. The van der Waals surface area contributed by atoms with Crippen LogP contribution in [-0.4, -0.2) is 316 Å². The summed E-state index contributed by atoms with van der Waals surface area (Å²) in [5, 5.41) is 56.6. The van der Waals surface area contributed by atoms with Crippen LogP contribution < -0.4 is 70.8 Å². The first-order valence-electron chi connectivity index (χ1n) is 45.3. The molecule has 134 heavy (non-hydrogen) atoms. The number of unbranched alkanes of at least 4 members (excludes halogenated alkanes) is 2. The molecule has 16 amide bonds. The maximum Gasteiger partial charge on any atom is 0.246 e. The summed E-state index contributed by atoms with van der Waals surface area (Å²) in [6, 6.07) is 1.24. The first kappa shape index (κ1) is 105. The molecular weight excluding hydrogens is 1750 g/mol. The smallest absolute Gasteiger partial charge is 0.246 e. The van der Waals surface area contributed by atoms with Crippen LogP contribution in [-0.2, 0) is 107 Å². The summed E-state index contributed by atoms with van der Waals surface area (Å²) in [6.07, 6.45) is 6.39. The molecule has 728 valence electrons. The molecule has 3 saturated heterocycles. The van der Waals surface area contributed by atoms with Gasteiger partial charge in [0, 0.05) is 111 Å². The van der Waals surface area contributed by atoms with E-state index in [2.05, 4.69) is 67.8 Å². The van der Waals surface area contributed by atoms with Crippen LogP contribution in [0.5, 0.6) is 5.75 Å². The molecule has 6 aromatic rings. The van der Waals surface area contributed by atoms with Crippen molar-refractivity contribution in [3.63, 3.8) is 0 Å². The quantitative estimate of drug-likeness (QED) is 0.0191. The van der Waals surface area contributed by atoms with Crippen LogP contribution in [0.15, 0.2) is 97.7 Å². The number of H-pyrrole nitrogens is 3. The summed E-state index contributed by atoms with van der Waals surface area (Å²) >= 11 is 0.792. The van der Waals surface area contributed by atoms with Crippen LogP contribution in [0.3, 0.4) is 0 Å². The topological polar surface area (TPSA) is 640 Å². The van der Waals surface area contributed by atoms with Crippen molar-refractivity contribution in [3.05, 3.63) is 120 Å². The fourth-order valence-electron chi connectivity index (χ4n) is 16.8. The Kier molecular flexibility index (Phi) is 39.3. The third kappa shape index (κ3) is 28.8. The van der Waals surface area contributed by atoms with Crippen LogP contribution >= 0.6 is 11.8 Å². The number of likely N-dealkylation sites (tertiary alicyclic amines) is 3. The predicted molar refractivity (Wildman–Crippen MR) is 494 cm³/mol. The van der Waals surface area contributed by atoms with E-state index in [0.29, 0.717) is 42.5 Å². The van der Waals surface area contributed by atoms with Gasteiger partial charge in [-0.15, -0.1) is 11.8 Å². The Labute approximate surface area is 779 Å². The number of aliphatic hydroxyl groups is 2. The standard InChI is InChI=1S/C91H128N22O20S/c1-8-10-23-71(109(6)91(133)74(24-11-9-2)110(7)87(129)67(37-54-42-98-62-21-15-13-19-59(54)62)105-83(125)69(46-114)107-79(121)60(93)36-53-41-97-61-20-14-12-18-58(53)61)84(126)102-63(22-16-31-92)81(123)108-70(80(122)99-44-77(95)119)47-134-48-78(120)101-66(35-52-26-28-56(116)29-27-52)88(130)112-33-30-73(112)86(128)106-68(40-76(94)118)89(131)111-32-17-25-72(111)85(127)103-64(38-55-43-96-49-100-55)82(124)104-65(34-50(3)4)90(132)113-45-57(117)39-75(113)51(5)115/h12-15,18-21,26-29,41-43,49-50,57,60,63-75,97-98,114,116-117H,8-11,16-17,22-25,30-40,44-48,92-93H2,1-7H3,(H2,94,118)(H2,95,119)(H,96,100)(H,99,122)(H,101,120)(H,102,126)(H,103,127)(H,104,124)(H,105,125)(H,106,128)(H,107,121)(H,108,123)/t57-,60+,63+,64+,65+,66+,67+,68+,69+,70+,71+,72+,73+,74+,75+/m1/s1. The van der Waals surface area contributed by atoms with Gasteiger partial charge in [0.25, 0.3) is 0 Å². The molecule has 0 spiro atoms. The van der Waals surface area contributed by atoms with E-state index in [-0.39, 0.29) is 127 Å². The van der Waals surface area contributed by atoms with Crippen molar-refractivity contribution in [2.45, 2.75) is 241 Å². The summed E-state index contributed by atoms with van der Waals surface area (Å²) in [5.74, 6) is -15.0. The van der Waals surface area contributed by atoms with Gasteiger partial charge in [-0.1, -0.05) is 102 Å². The second kappa shape index (κ2) is 50.3. The number of amides is 16. The number of nitrogens with two attached hydrogens (primary N) is 4. The van der Waals surface area contributed by atoms with Gasteiger partial charge < -0.3 is 126 Å². The van der Waals surface area contributed by atoms with Gasteiger partial charge in [0.1, 0.15) is 78.3 Å². The highest BCUT2D eigenvalue weighted by Crippen LogP contribution is 2.29. The van der Waals surface area contributed by atoms with E-state index >= 15 is 14.4 Å². The number of para-hydroxylation sites is 2. The summed E-state index contributed by atoms with van der Waals surface area (Å²) in [4.78, 5) is 261. The van der Waals surface area contributed by atoms with Crippen molar-refractivity contribution < 1.29 is 96.8 Å². The molecule has 3 aliphatic heterocycles. The SMILES string of the molecule is CCCC[C@@H](C(=O)N(C)[C@@H](CCCC)C(=O)N[C@@H](CCCN)C(=O)N[C@@H](CSCC(=O)N[C@@H](Cc1ccc(O)cc1)C(=O)N1CC[C@H]1C(=O)N[C@@H](CC(N)=O)C(=O)N1CCC[C@H]1C(=O)N[C@@H](Cc1cnc[nH]1)C(=O)N[C@@H](CC(C)C)C(=O)N1C[C@H](O)C[C@H]1C(C)=O)C(=O)NCC(N)=O)N(C)C(=O)[C@H](Cc1c[nH]c2ccccc12)NC(=O)[C@H](CO)NC(=O)[C@@H](N)Cc1c[nH]c2ccccc12. The molecule has 3 aromatic heterocycles. The normalized spacial score (nSPS) is 17.7. The molecule has 0 saturated carbocycles. The van der Waals surface area contributed by atoms with E-state index in [0.717, 1.165) is 48.9 Å². The first-order valence-corrected chi connectivity index (χ1v) is 46.5. The number of carbonyl (C=O) groups is 17. The van der Waals surface area contributed by atoms with Crippen LogP contribution in [0.25, 0.3) is 21.8 Å². The molecule has 23 N–H and O–H groups in total. The largest absolute Gasteiger partial charge is 0.508 e. The van der Waals surface area contributed by atoms with Crippen molar-refractivity contribution in [3.8, 4) is 5.75 Å². The van der Waals surface area contributed by atoms with Crippen molar-refractivity contribution in [2.75, 3.05) is 64.9 Å². The Morgan fingerprint density at radius 3 is 1.71 bits per heavy atom. The number of nitrogens with zero attached hydrogens (tertiary/aromatic N) is 6. The minimum absolute atomic E-state index is 0.0150. The summed E-state index contributed by atoms with van der Waals surface area (Å²) in [7, 11) is 2.78. The number of β-amino-alcohol motifs (C(OH)–C–C–N with tert-alkyl or cyclic N) is 1. The molecule has 0 unspecified atom stereocenters. The van der Waals surface area contributed by atoms with Gasteiger partial charge in [-0.3, -0.25) is 81.5 Å². The van der Waals surface area contributed by atoms with Gasteiger partial charge in [-0.05, 0) is 118 Å². The minimum atomic E-state index is -1.70. The number of aliphatic hydroxyl groups excluding tert-OH is 2. The number of ketones is 1. The van der Waals surface area contributed by atoms with E-state index in [4.69, 9.17) is 22.9 Å². The second-order valence-corrected chi connectivity index (χ2v) is 35.8. The van der Waals surface area contributed by atoms with E-state index in [1.807, 2.05) is 70.2 Å². The maximum atomic E-state index is 15.3. The highest BCUT2D eigenvalue weighted by atomic mass is 32.2. The van der Waals surface area contributed by atoms with Gasteiger partial charge in [0.05, 0.1) is 49.8 Å². The van der Waals surface area contributed by atoms with Gasteiger partial charge in [0.2, 0.25) is 94.5 Å². The van der Waals surface area contributed by atoms with Crippen LogP contribution in [0.4, 0.5) is 0 Å². The zero-order chi connectivity index (χ0) is 97.7. The number of aromatic nitrogens is 4. The van der Waals surface area contributed by atoms with Crippen molar-refractivity contribution in [1.29, 1.82) is 0 Å². The summed E-state index contributed by atoms with van der Waals surface area (Å²) in [5.41, 5.74) is 27.2. The molecule has 15 atom stereocenters. The molecule has 3 fully saturated rings. The zero-order valence-corrected chi connectivity index (χ0v) is 77.4. The summed E-state index contributed by atoms with van der Waals surface area (Å²) < 4.78 is 0. The molecule has 3 aromatic carbocycles. The molecule has 0 aliphatic carbocycles. The Hall–Kier alpha value is -12.9. The third-order valence-electron chi connectivity index (χ3n) is 24.2. The lowest BCUT2D eigenvalue weighted by atomic mass is 9.97. The van der Waals surface area contributed by atoms with E-state index in [1.54, 1.807) is 18.5 Å². The monoisotopic (exact) mass is 1880 g/mol. The lowest BCUT2D eigenvalue weighted by Crippen LogP contribution is -2.65. The number of likely N-dealkylation sites (N-methyl/N-ethyl adjacent to an activating group) is 2. The van der Waals surface area contributed by atoms with Gasteiger partial charge >= 0.3 is 0 Å². The fourth-order valence-corrected chi connectivity index (χ4v) is 17.7. The molecule has 6 heterocycles. The highest BCUT2D eigenvalue weighted by Gasteiger charge is 2.47. The maximum absolute atomic E-state index is 15.3. The Morgan fingerprint density at radius 1 is 0.560 bits per heavy atom. The number of nitrogens with one attached hydrogen (secondary N) is 12. The van der Waals surface area contributed by atoms with Crippen molar-refractivity contribution in [2.24, 2.45) is 28.9 Å². The number of benzene rings is 3. The highest BCUT2D eigenvalue weighted by molar-refractivity contribution is 8.00. The molecular formula is C91H128N22O20S. The van der Waals surface area contributed by atoms with Gasteiger partial charge in [0.15, 0.2) is 5.78 Å². The van der Waals surface area contributed by atoms with E-state index in [9.17, 15) is 82.4 Å². The second-order valence-electron chi connectivity index (χ2n) is 34.8. The Morgan fingerprint density at radius 2 is 1.12 bits per heavy atom. The number of Topliss-reactive ketones (excluding diaryl/α,β-unsaturated/α-hetero) is 1. The Balaban J connectivity index is 0.859. The van der Waals surface area contributed by atoms with E-state index < -0.39 is 216 Å². The number of aromatic amines is 3. The van der Waals surface area contributed by atoms with Crippen LogP contribution in [0.1, 0.15) is 147 Å². The number of phenolic OH excluding ortho intramolecular Hbond substituents is 1. The number of rotatable bonds is 52. The third-order valence-corrected chi connectivity index (χ3v) is 25.3. The van der Waals surface area contributed by atoms with Crippen LogP contribution in [0, 0.1) is 5.92 Å². The van der Waals surface area contributed by atoms with Gasteiger partial charge in [-0.25, -0.2) is 4.98 Å². The number of primary amides is 2.